The van der Waals surface area contributed by atoms with E-state index in [-0.39, 0.29) is 28.4 Å². The fraction of sp³-hybridized carbons (Fsp3) is 0.269. The van der Waals surface area contributed by atoms with Crippen LogP contribution in [0.3, 0.4) is 0 Å². The summed E-state index contributed by atoms with van der Waals surface area (Å²) >= 11 is 0. The minimum absolute atomic E-state index is 0.0286. The zero-order chi connectivity index (χ0) is 25.1. The number of rotatable bonds is 5. The monoisotopic (exact) mass is 476 g/mol. The molecule has 180 valence electrons. The van der Waals surface area contributed by atoms with Crippen molar-refractivity contribution in [2.75, 3.05) is 37.1 Å². The van der Waals surface area contributed by atoms with E-state index in [1.807, 2.05) is 4.90 Å². The van der Waals surface area contributed by atoms with E-state index in [0.717, 1.165) is 25.9 Å². The van der Waals surface area contributed by atoms with E-state index >= 15 is 0 Å². The van der Waals surface area contributed by atoms with Crippen molar-refractivity contribution in [2.24, 2.45) is 5.73 Å². The van der Waals surface area contributed by atoms with E-state index < -0.39 is 23.7 Å². The predicted octanol–water partition coefficient (Wildman–Crippen LogP) is 3.32. The van der Waals surface area contributed by atoms with E-state index in [2.05, 4.69) is 6.07 Å². The summed E-state index contributed by atoms with van der Waals surface area (Å²) in [5, 5.41) is 10.2. The molecule has 0 aliphatic carbocycles. The lowest BCUT2D eigenvalue weighted by atomic mass is 9.81. The Morgan fingerprint density at radius 2 is 1.69 bits per heavy atom. The second-order valence-electron chi connectivity index (χ2n) is 8.16. The van der Waals surface area contributed by atoms with Gasteiger partial charge in [0.15, 0.2) is 0 Å². The number of nitrogens with two attached hydrogens (primary N) is 1. The third-order valence-electron chi connectivity index (χ3n) is 6.24. The molecule has 1 saturated heterocycles. The predicted molar refractivity (Wildman–Crippen MR) is 127 cm³/mol. The number of carbonyl (C=O) groups excluding carboxylic acids is 2. The lowest BCUT2D eigenvalue weighted by Gasteiger charge is -2.37. The number of methoxy groups -OCH3 is 2. The molecule has 1 atom stereocenters. The fourth-order valence-electron chi connectivity index (χ4n) is 4.66. The summed E-state index contributed by atoms with van der Waals surface area (Å²) in [5.74, 6) is -3.35. The maximum absolute atomic E-state index is 14.6. The molecule has 2 aromatic carbocycles. The number of hydrogen-bond donors (Lipinski definition) is 1. The molecule has 2 aromatic rings. The third-order valence-corrected chi connectivity index (χ3v) is 6.24. The van der Waals surface area contributed by atoms with Gasteiger partial charge in [-0.25, -0.2) is 14.0 Å². The number of anilines is 2. The Morgan fingerprint density at radius 3 is 2.29 bits per heavy atom. The van der Waals surface area contributed by atoms with Crippen LogP contribution in [0.2, 0.25) is 0 Å². The van der Waals surface area contributed by atoms with Crippen LogP contribution in [-0.2, 0) is 19.1 Å². The van der Waals surface area contributed by atoms with Crippen LogP contribution in [0, 0.1) is 17.1 Å². The van der Waals surface area contributed by atoms with Gasteiger partial charge in [0.05, 0.1) is 48.7 Å². The molecule has 2 aliphatic heterocycles. The molecule has 1 fully saturated rings. The number of hydrogen-bond acceptors (Lipinski definition) is 8. The first-order valence-electron chi connectivity index (χ1n) is 11.1. The molecule has 0 saturated carbocycles. The van der Waals surface area contributed by atoms with E-state index in [1.54, 1.807) is 36.4 Å². The van der Waals surface area contributed by atoms with Crippen molar-refractivity contribution in [1.82, 2.24) is 0 Å². The molecule has 8 nitrogen and oxygen atoms in total. The molecule has 0 spiro atoms. The molecule has 2 aliphatic rings. The van der Waals surface area contributed by atoms with Gasteiger partial charge in [-0.2, -0.15) is 5.26 Å². The summed E-state index contributed by atoms with van der Waals surface area (Å²) in [6, 6.07) is 15.0. The van der Waals surface area contributed by atoms with Crippen LogP contribution >= 0.6 is 0 Å². The van der Waals surface area contributed by atoms with Crippen molar-refractivity contribution >= 4 is 23.3 Å². The molecule has 35 heavy (non-hydrogen) atoms. The molecule has 0 bridgehead atoms. The van der Waals surface area contributed by atoms with Gasteiger partial charge < -0.3 is 20.1 Å². The zero-order valence-corrected chi connectivity index (χ0v) is 19.5. The van der Waals surface area contributed by atoms with E-state index in [1.165, 1.54) is 31.3 Å². The number of ether oxygens (including phenoxy) is 2. The Balaban J connectivity index is 2.07. The highest BCUT2D eigenvalue weighted by Crippen LogP contribution is 2.45. The Kier molecular flexibility index (Phi) is 6.73. The highest BCUT2D eigenvalue weighted by Gasteiger charge is 2.43. The Morgan fingerprint density at radius 1 is 1.03 bits per heavy atom. The molecule has 2 N–H and O–H groups in total. The Labute approximate surface area is 202 Å². The van der Waals surface area contributed by atoms with Crippen molar-refractivity contribution in [3.63, 3.8) is 0 Å². The number of carbonyl (C=O) groups is 2. The lowest BCUT2D eigenvalue weighted by Crippen LogP contribution is -2.41. The molecule has 4 rings (SSSR count). The molecule has 9 heteroatoms. The van der Waals surface area contributed by atoms with Gasteiger partial charge in [-0.3, -0.25) is 4.90 Å². The summed E-state index contributed by atoms with van der Waals surface area (Å²) in [6.45, 7) is 1.46. The molecule has 0 amide bonds. The third kappa shape index (κ3) is 4.19. The number of benzene rings is 2. The van der Waals surface area contributed by atoms with Crippen molar-refractivity contribution in [1.29, 1.82) is 5.26 Å². The summed E-state index contributed by atoms with van der Waals surface area (Å²) in [5.41, 5.74) is 7.64. The van der Waals surface area contributed by atoms with Gasteiger partial charge in [-0.05, 0) is 30.5 Å². The van der Waals surface area contributed by atoms with Crippen LogP contribution in [0.4, 0.5) is 15.8 Å². The maximum atomic E-state index is 14.6. The standard InChI is InChI=1S/C26H25FN4O4/c1-34-25(32)22-21(16-8-4-3-5-9-16)18(15-28)24(29)31(23(22)26(33)35-2)20-14-17(27)10-11-19(20)30-12-6-7-13-30/h3-5,8-11,14,21H,6-7,12-13,29H2,1-2H3. The molecule has 2 heterocycles. The van der Waals surface area contributed by atoms with Gasteiger partial charge in [0, 0.05) is 19.2 Å². The first kappa shape index (κ1) is 23.8. The largest absolute Gasteiger partial charge is 0.466 e. The van der Waals surface area contributed by atoms with E-state index in [4.69, 9.17) is 15.2 Å². The van der Waals surface area contributed by atoms with E-state index in [9.17, 15) is 19.2 Å². The fourth-order valence-corrected chi connectivity index (χ4v) is 4.66. The van der Waals surface area contributed by atoms with E-state index in [0.29, 0.717) is 11.3 Å². The van der Waals surface area contributed by atoms with Crippen LogP contribution in [0.25, 0.3) is 0 Å². The first-order valence-corrected chi connectivity index (χ1v) is 11.1. The van der Waals surface area contributed by atoms with Crippen LogP contribution < -0.4 is 15.5 Å². The van der Waals surface area contributed by atoms with Gasteiger partial charge in [0.2, 0.25) is 0 Å². The molecule has 0 aromatic heterocycles. The van der Waals surface area contributed by atoms with Gasteiger partial charge >= 0.3 is 11.9 Å². The molecular weight excluding hydrogens is 451 g/mol. The van der Waals surface area contributed by atoms with Crippen molar-refractivity contribution in [2.45, 2.75) is 18.8 Å². The Bertz CT molecular complexity index is 1260. The molecule has 1 unspecified atom stereocenters. The molecular formula is C26H25FN4O4. The lowest BCUT2D eigenvalue weighted by molar-refractivity contribution is -0.139. The van der Waals surface area contributed by atoms with Crippen LogP contribution in [0.5, 0.6) is 0 Å². The number of nitriles is 1. The van der Waals surface area contributed by atoms with Gasteiger partial charge in [-0.1, -0.05) is 30.3 Å². The molecule has 0 radical (unpaired) electrons. The van der Waals surface area contributed by atoms with Gasteiger partial charge in [-0.15, -0.1) is 0 Å². The minimum Gasteiger partial charge on any atom is -0.466 e. The number of esters is 2. The topological polar surface area (TPSA) is 109 Å². The average Bonchev–Trinajstić information content (AvgIpc) is 3.42. The van der Waals surface area contributed by atoms with Gasteiger partial charge in [0.25, 0.3) is 0 Å². The highest BCUT2D eigenvalue weighted by molar-refractivity contribution is 6.07. The van der Waals surface area contributed by atoms with Crippen molar-refractivity contribution in [3.05, 3.63) is 82.6 Å². The quantitative estimate of drug-likeness (QED) is 0.655. The van der Waals surface area contributed by atoms with Crippen molar-refractivity contribution < 1.29 is 23.5 Å². The summed E-state index contributed by atoms with van der Waals surface area (Å²) in [4.78, 5) is 29.7. The minimum atomic E-state index is -0.984. The first-order chi connectivity index (χ1) is 16.9. The summed E-state index contributed by atoms with van der Waals surface area (Å²) < 4.78 is 24.7. The smallest absolute Gasteiger partial charge is 0.355 e. The number of halogens is 1. The number of allylic oxidation sites excluding steroid dienone is 1. The normalized spacial score (nSPS) is 17.9. The second-order valence-corrected chi connectivity index (χ2v) is 8.16. The van der Waals surface area contributed by atoms with Crippen LogP contribution in [-0.4, -0.2) is 39.2 Å². The Hall–Kier alpha value is -4.32. The highest BCUT2D eigenvalue weighted by atomic mass is 19.1. The second kappa shape index (κ2) is 9.89. The summed E-state index contributed by atoms with van der Waals surface area (Å²) in [6.07, 6.45) is 1.91. The summed E-state index contributed by atoms with van der Waals surface area (Å²) in [7, 11) is 2.36. The average molecular weight is 477 g/mol. The number of nitrogens with zero attached hydrogens (tertiary/aromatic N) is 3. The SMILES string of the molecule is COC(=O)C1=C(C(=O)OC)N(c2cc(F)ccc2N2CCCC2)C(N)=C(C#N)C1c1ccccc1. The van der Waals surface area contributed by atoms with Crippen LogP contribution in [0.1, 0.15) is 24.3 Å². The zero-order valence-electron chi connectivity index (χ0n) is 19.5. The van der Waals surface area contributed by atoms with Crippen LogP contribution in [0.15, 0.2) is 71.2 Å². The van der Waals surface area contributed by atoms with Gasteiger partial charge in [0.1, 0.15) is 17.3 Å². The maximum Gasteiger partial charge on any atom is 0.355 e. The van der Waals surface area contributed by atoms with Crippen molar-refractivity contribution in [3.8, 4) is 6.07 Å².